The van der Waals surface area contributed by atoms with E-state index >= 15 is 0 Å². The summed E-state index contributed by atoms with van der Waals surface area (Å²) < 4.78 is 2.50. The molecule has 306 valence electrons. The van der Waals surface area contributed by atoms with Gasteiger partial charge >= 0.3 is 0 Å². The van der Waals surface area contributed by atoms with Gasteiger partial charge < -0.3 is 9.47 Å². The van der Waals surface area contributed by atoms with Gasteiger partial charge in [-0.3, -0.25) is 0 Å². The lowest BCUT2D eigenvalue weighted by Gasteiger charge is -2.31. The maximum atomic E-state index is 2.51. The van der Waals surface area contributed by atoms with E-state index in [1.165, 1.54) is 98.6 Å². The molecule has 0 saturated carbocycles. The highest BCUT2D eigenvalue weighted by Gasteiger charge is 2.36. The van der Waals surface area contributed by atoms with Crippen LogP contribution in [0.2, 0.25) is 0 Å². The van der Waals surface area contributed by atoms with Crippen molar-refractivity contribution in [2.24, 2.45) is 0 Å². The van der Waals surface area contributed by atoms with Crippen molar-refractivity contribution >= 4 is 71.2 Å². The molecule has 0 amide bonds. The molecule has 0 N–H and O–H groups in total. The molecule has 12 aromatic rings. The van der Waals surface area contributed by atoms with Crippen molar-refractivity contribution in [2.45, 2.75) is 19.3 Å². The second-order valence-electron chi connectivity index (χ2n) is 18.1. The van der Waals surface area contributed by atoms with Gasteiger partial charge in [0.1, 0.15) is 0 Å². The molecule has 0 spiro atoms. The minimum absolute atomic E-state index is 0.171. The van der Waals surface area contributed by atoms with E-state index < -0.39 is 0 Å². The number of anilines is 3. The summed E-state index contributed by atoms with van der Waals surface area (Å²) in [7, 11) is 0. The SMILES string of the molecule is CC1(C)c2ccccc2-c2ccc(N(c3ccc(-c4ccc5ccccc5c4)cc3)c3cccc(-n4c5ccccc5c5ccccc54)c3-c3cc4ccccc4c4ccccc34)cc21. The molecule has 1 heterocycles. The van der Waals surface area contributed by atoms with Crippen molar-refractivity contribution in [3.8, 4) is 39.1 Å². The third-order valence-corrected chi connectivity index (χ3v) is 14.2. The highest BCUT2D eigenvalue weighted by Crippen LogP contribution is 2.53. The Morgan fingerprint density at radius 2 is 0.938 bits per heavy atom. The lowest BCUT2D eigenvalue weighted by molar-refractivity contribution is 0.660. The number of para-hydroxylation sites is 2. The van der Waals surface area contributed by atoms with E-state index in [1.54, 1.807) is 0 Å². The van der Waals surface area contributed by atoms with Crippen LogP contribution in [0.1, 0.15) is 25.0 Å². The van der Waals surface area contributed by atoms with Gasteiger partial charge in [0.2, 0.25) is 0 Å². The quantitative estimate of drug-likeness (QED) is 0.152. The molecule has 0 unspecified atom stereocenters. The van der Waals surface area contributed by atoms with Crippen molar-refractivity contribution in [1.29, 1.82) is 0 Å². The van der Waals surface area contributed by atoms with Gasteiger partial charge in [0.05, 0.1) is 22.4 Å². The van der Waals surface area contributed by atoms with E-state index in [4.69, 9.17) is 0 Å². The Labute approximate surface area is 378 Å². The summed E-state index contributed by atoms with van der Waals surface area (Å²) in [6, 6.07) is 85.5. The van der Waals surface area contributed by atoms with Crippen LogP contribution in [0, 0.1) is 0 Å². The molecule has 0 aliphatic heterocycles. The fourth-order valence-corrected chi connectivity index (χ4v) is 11.1. The zero-order valence-corrected chi connectivity index (χ0v) is 36.3. The molecular weight excluding hydrogens is 785 g/mol. The maximum Gasteiger partial charge on any atom is 0.0561 e. The average molecular weight is 829 g/mol. The van der Waals surface area contributed by atoms with E-state index in [0.717, 1.165) is 22.7 Å². The highest BCUT2D eigenvalue weighted by atomic mass is 15.1. The first-order valence-corrected chi connectivity index (χ1v) is 22.7. The third kappa shape index (κ3) is 5.74. The van der Waals surface area contributed by atoms with E-state index in [9.17, 15) is 0 Å². The van der Waals surface area contributed by atoms with E-state index in [2.05, 4.69) is 254 Å². The fraction of sp³-hybridized carbons (Fsp3) is 0.0476. The van der Waals surface area contributed by atoms with Gasteiger partial charge in [-0.25, -0.2) is 0 Å². The van der Waals surface area contributed by atoms with Crippen LogP contribution >= 0.6 is 0 Å². The Morgan fingerprint density at radius 3 is 1.71 bits per heavy atom. The number of benzene rings is 11. The third-order valence-electron chi connectivity index (χ3n) is 14.2. The summed E-state index contributed by atoms with van der Waals surface area (Å²) in [5.41, 5.74) is 16.7. The highest BCUT2D eigenvalue weighted by molar-refractivity contribution is 6.17. The van der Waals surface area contributed by atoms with E-state index in [1.807, 2.05) is 0 Å². The van der Waals surface area contributed by atoms with Crippen LogP contribution in [0.15, 0.2) is 231 Å². The second-order valence-corrected chi connectivity index (χ2v) is 18.1. The number of fused-ring (bicyclic) bond motifs is 10. The monoisotopic (exact) mass is 828 g/mol. The fourth-order valence-electron chi connectivity index (χ4n) is 11.1. The maximum absolute atomic E-state index is 2.51. The summed E-state index contributed by atoms with van der Waals surface area (Å²) >= 11 is 0. The molecule has 0 fully saturated rings. The standard InChI is InChI=1S/C63H44N2/c1-63(2)56-25-12-9-22-51(56)52-37-36-47(40-57(52)63)64(46-34-32-42(33-35-46)44-31-30-41-16-3-4-17-43(41)38-44)60-28-15-29-61(65-58-26-13-10-23-53(58)54-24-11-14-27-59(54)65)62(60)55-39-45-18-5-6-19-48(45)49-20-7-8-21-50(49)55/h3-40H,1-2H3. The summed E-state index contributed by atoms with van der Waals surface area (Å²) in [4.78, 5) is 2.51. The molecule has 2 nitrogen and oxygen atoms in total. The van der Waals surface area contributed by atoms with Gasteiger partial charge in [0.15, 0.2) is 0 Å². The molecule has 2 heteroatoms. The summed E-state index contributed by atoms with van der Waals surface area (Å²) in [6.45, 7) is 4.75. The lowest BCUT2D eigenvalue weighted by atomic mass is 9.82. The first kappa shape index (κ1) is 37.4. The van der Waals surface area contributed by atoms with Gasteiger partial charge in [-0.05, 0) is 132 Å². The minimum atomic E-state index is -0.171. The first-order valence-electron chi connectivity index (χ1n) is 22.7. The van der Waals surface area contributed by atoms with E-state index in [-0.39, 0.29) is 5.41 Å². The van der Waals surface area contributed by atoms with Gasteiger partial charge in [0.25, 0.3) is 0 Å². The van der Waals surface area contributed by atoms with Crippen molar-refractivity contribution < 1.29 is 0 Å². The van der Waals surface area contributed by atoms with Crippen LogP contribution in [0.25, 0.3) is 93.2 Å². The average Bonchev–Trinajstić information content (AvgIpc) is 3.82. The van der Waals surface area contributed by atoms with Crippen LogP contribution in [0.5, 0.6) is 0 Å². The second kappa shape index (κ2) is 14.4. The lowest BCUT2D eigenvalue weighted by Crippen LogP contribution is -2.17. The molecule has 11 aromatic carbocycles. The number of rotatable bonds is 6. The van der Waals surface area contributed by atoms with Crippen molar-refractivity contribution in [3.63, 3.8) is 0 Å². The van der Waals surface area contributed by atoms with Gasteiger partial charge in [-0.15, -0.1) is 0 Å². The van der Waals surface area contributed by atoms with Gasteiger partial charge in [0, 0.05) is 33.1 Å². The number of aromatic nitrogens is 1. The zero-order valence-electron chi connectivity index (χ0n) is 36.3. The van der Waals surface area contributed by atoms with Crippen molar-refractivity contribution in [1.82, 2.24) is 4.57 Å². The molecule has 1 aromatic heterocycles. The van der Waals surface area contributed by atoms with Gasteiger partial charge in [-0.1, -0.05) is 184 Å². The van der Waals surface area contributed by atoms with Crippen molar-refractivity contribution in [3.05, 3.63) is 242 Å². The smallest absolute Gasteiger partial charge is 0.0561 e. The summed E-state index contributed by atoms with van der Waals surface area (Å²) in [5.74, 6) is 0. The number of hydrogen-bond acceptors (Lipinski definition) is 1. The Balaban J connectivity index is 1.12. The molecule has 1 aliphatic carbocycles. The predicted molar refractivity (Wildman–Crippen MR) is 276 cm³/mol. The van der Waals surface area contributed by atoms with Crippen LogP contribution < -0.4 is 4.90 Å². The molecule has 0 saturated heterocycles. The van der Waals surface area contributed by atoms with Gasteiger partial charge in [-0.2, -0.15) is 0 Å². The Hall–Kier alpha value is -8.20. The molecule has 13 rings (SSSR count). The Kier molecular flexibility index (Phi) is 8.29. The van der Waals surface area contributed by atoms with Crippen molar-refractivity contribution in [2.75, 3.05) is 4.90 Å². The topological polar surface area (TPSA) is 8.17 Å². The summed E-state index contributed by atoms with van der Waals surface area (Å²) in [6.07, 6.45) is 0. The van der Waals surface area contributed by atoms with Crippen LogP contribution in [0.3, 0.4) is 0 Å². The van der Waals surface area contributed by atoms with Crippen LogP contribution in [0.4, 0.5) is 17.1 Å². The molecule has 65 heavy (non-hydrogen) atoms. The molecule has 0 radical (unpaired) electrons. The normalized spacial score (nSPS) is 12.9. The largest absolute Gasteiger partial charge is 0.310 e. The molecular formula is C63H44N2. The van der Waals surface area contributed by atoms with E-state index in [0.29, 0.717) is 0 Å². The van der Waals surface area contributed by atoms with Crippen LogP contribution in [-0.4, -0.2) is 4.57 Å². The zero-order chi connectivity index (χ0) is 43.2. The number of nitrogens with zero attached hydrogens (tertiary/aromatic N) is 2. The summed E-state index contributed by atoms with van der Waals surface area (Å²) in [5, 5.41) is 9.90. The first-order chi connectivity index (χ1) is 32.0. The molecule has 1 aliphatic rings. The predicted octanol–water partition coefficient (Wildman–Crippen LogP) is 17.4. The minimum Gasteiger partial charge on any atom is -0.310 e. The molecule has 0 atom stereocenters. The Morgan fingerprint density at radius 1 is 0.354 bits per heavy atom. The molecule has 0 bridgehead atoms. The Bertz CT molecular complexity index is 3810. The van der Waals surface area contributed by atoms with Crippen LogP contribution in [-0.2, 0) is 5.41 Å². The number of hydrogen-bond donors (Lipinski definition) is 0.